The smallest absolute Gasteiger partial charge is 0.0971 e. The van der Waals surface area contributed by atoms with Crippen LogP contribution >= 0.6 is 0 Å². The van der Waals surface area contributed by atoms with Gasteiger partial charge < -0.3 is 10.2 Å². The molecule has 2 N–H and O–H groups in total. The highest BCUT2D eigenvalue weighted by Gasteiger charge is 2.60. The summed E-state index contributed by atoms with van der Waals surface area (Å²) in [7, 11) is 0. The van der Waals surface area contributed by atoms with Gasteiger partial charge in [0.1, 0.15) is 0 Å². The molecule has 4 aliphatic carbocycles. The molecule has 0 aliphatic heterocycles. The first kappa shape index (κ1) is 26.6. The number of hydrogen-bond acceptors (Lipinski definition) is 2. The van der Waals surface area contributed by atoms with E-state index in [4.69, 9.17) is 0 Å². The van der Waals surface area contributed by atoms with Crippen molar-refractivity contribution in [2.75, 3.05) is 6.61 Å². The van der Waals surface area contributed by atoms with Crippen molar-refractivity contribution in [1.29, 1.82) is 0 Å². The number of aliphatic hydroxyl groups is 2. The van der Waals surface area contributed by atoms with Gasteiger partial charge in [0.05, 0.1) is 12.2 Å². The summed E-state index contributed by atoms with van der Waals surface area (Å²) in [6, 6.07) is 0. The molecule has 0 radical (unpaired) electrons. The van der Waals surface area contributed by atoms with E-state index in [9.17, 15) is 10.2 Å². The lowest BCUT2D eigenvalue weighted by molar-refractivity contribution is 0.0782. The van der Waals surface area contributed by atoms with Crippen molar-refractivity contribution in [2.24, 2.45) is 21.7 Å². The van der Waals surface area contributed by atoms with Crippen molar-refractivity contribution in [3.8, 4) is 0 Å². The molecule has 2 atom stereocenters. The van der Waals surface area contributed by atoms with Crippen LogP contribution in [0.15, 0.2) is 106 Å². The second-order valence-corrected chi connectivity index (χ2v) is 13.3. The molecule has 0 saturated heterocycles. The highest BCUT2D eigenvalue weighted by atomic mass is 16.3. The molecule has 2 nitrogen and oxygen atoms in total. The summed E-state index contributed by atoms with van der Waals surface area (Å²) in [5.41, 5.74) is 6.76. The Hall–Kier alpha value is -2.42. The Kier molecular flexibility index (Phi) is 6.14. The highest BCUT2D eigenvalue weighted by Crippen LogP contribution is 2.69. The third-order valence-electron chi connectivity index (χ3n) is 9.11. The Morgan fingerprint density at radius 3 is 1.56 bits per heavy atom. The highest BCUT2D eigenvalue weighted by molar-refractivity contribution is 5.74. The molecule has 0 heterocycles. The Morgan fingerprint density at radius 1 is 0.750 bits per heavy atom. The van der Waals surface area contributed by atoms with Crippen LogP contribution in [0.4, 0.5) is 0 Å². The van der Waals surface area contributed by atoms with Crippen LogP contribution in [-0.2, 0) is 0 Å². The van der Waals surface area contributed by atoms with Gasteiger partial charge in [0.25, 0.3) is 0 Å². The minimum absolute atomic E-state index is 0.0542. The first-order valence-corrected chi connectivity index (χ1v) is 13.2. The van der Waals surface area contributed by atoms with Gasteiger partial charge in [-0.1, -0.05) is 104 Å². The number of hydrogen-bond donors (Lipinski definition) is 2. The van der Waals surface area contributed by atoms with Crippen molar-refractivity contribution in [1.82, 2.24) is 0 Å². The summed E-state index contributed by atoms with van der Waals surface area (Å²) < 4.78 is 0. The van der Waals surface area contributed by atoms with Crippen LogP contribution in [0, 0.1) is 21.7 Å². The van der Waals surface area contributed by atoms with E-state index in [1.165, 1.54) is 22.3 Å². The molecule has 0 bridgehead atoms. The summed E-state index contributed by atoms with van der Waals surface area (Å²) in [6.45, 7) is 25.8. The van der Waals surface area contributed by atoms with Gasteiger partial charge in [0.15, 0.2) is 0 Å². The minimum atomic E-state index is -1.21. The molecule has 0 amide bonds. The Balaban J connectivity index is 2.25. The molecular weight excluding hydrogens is 440 g/mol. The van der Waals surface area contributed by atoms with Crippen LogP contribution in [0.5, 0.6) is 0 Å². The number of rotatable bonds is 6. The van der Waals surface area contributed by atoms with E-state index in [0.717, 1.165) is 22.3 Å². The van der Waals surface area contributed by atoms with Crippen LogP contribution in [0.3, 0.4) is 0 Å². The van der Waals surface area contributed by atoms with E-state index in [1.54, 1.807) is 12.2 Å². The maximum Gasteiger partial charge on any atom is 0.0971 e. The van der Waals surface area contributed by atoms with Gasteiger partial charge in [-0.25, -0.2) is 0 Å². The Bertz CT molecular complexity index is 1230. The van der Waals surface area contributed by atoms with E-state index in [2.05, 4.69) is 105 Å². The summed E-state index contributed by atoms with van der Waals surface area (Å²) in [5.74, 6) is 0. The lowest BCUT2D eigenvalue weighted by atomic mass is 9.43. The van der Waals surface area contributed by atoms with Crippen molar-refractivity contribution in [3.05, 3.63) is 106 Å². The Labute approximate surface area is 218 Å². The van der Waals surface area contributed by atoms with Crippen LogP contribution < -0.4 is 0 Å². The molecule has 0 saturated carbocycles. The van der Waals surface area contributed by atoms with Gasteiger partial charge in [-0.05, 0) is 68.3 Å². The molecule has 0 aromatic carbocycles. The van der Waals surface area contributed by atoms with Gasteiger partial charge in [-0.3, -0.25) is 0 Å². The van der Waals surface area contributed by atoms with E-state index in [0.29, 0.717) is 12.8 Å². The molecule has 36 heavy (non-hydrogen) atoms. The van der Waals surface area contributed by atoms with Gasteiger partial charge in [-0.15, -0.1) is 13.2 Å². The standard InChI is InChI=1S/C34H44O2/c1-11-15-34(36,16-12-2)29-26(21-35)27-19-24(30(3,4)5)17-22-13-14-23-18-25(31(6,7)8)20-28(29)33(23,10)32(22,27)9/h11-14,17-20,35-36H,1-2,15-16,21H2,3-10H3/t32-,33-/m1/s1. The van der Waals surface area contributed by atoms with Crippen molar-refractivity contribution >= 4 is 0 Å². The summed E-state index contributed by atoms with van der Waals surface area (Å²) in [4.78, 5) is 0. The molecule has 0 spiro atoms. The van der Waals surface area contributed by atoms with Crippen molar-refractivity contribution in [2.45, 2.75) is 73.8 Å². The van der Waals surface area contributed by atoms with Crippen LogP contribution in [-0.4, -0.2) is 22.4 Å². The zero-order valence-corrected chi connectivity index (χ0v) is 23.5. The summed E-state index contributed by atoms with van der Waals surface area (Å²) in [6.07, 6.45) is 18.2. The first-order chi connectivity index (χ1) is 16.6. The van der Waals surface area contributed by atoms with E-state index in [1.807, 2.05) is 0 Å². The summed E-state index contributed by atoms with van der Waals surface area (Å²) in [5, 5.41) is 23.3. The van der Waals surface area contributed by atoms with Gasteiger partial charge in [0.2, 0.25) is 0 Å². The molecular formula is C34H44O2. The van der Waals surface area contributed by atoms with Crippen LogP contribution in [0.25, 0.3) is 0 Å². The first-order valence-electron chi connectivity index (χ1n) is 13.2. The van der Waals surface area contributed by atoms with Crippen LogP contribution in [0.2, 0.25) is 0 Å². The molecule has 0 aromatic heterocycles. The lowest BCUT2D eigenvalue weighted by Gasteiger charge is -2.60. The maximum atomic E-state index is 12.3. The number of aliphatic hydroxyl groups excluding tert-OH is 1. The zero-order valence-electron chi connectivity index (χ0n) is 23.5. The molecule has 4 aliphatic rings. The second kappa shape index (κ2) is 8.30. The average molecular weight is 485 g/mol. The van der Waals surface area contributed by atoms with Crippen molar-refractivity contribution in [3.63, 3.8) is 0 Å². The number of allylic oxidation sites excluding steroid dienone is 12. The fourth-order valence-corrected chi connectivity index (χ4v) is 6.68. The van der Waals surface area contributed by atoms with E-state index in [-0.39, 0.29) is 22.9 Å². The molecule has 4 rings (SSSR count). The molecule has 192 valence electrons. The predicted octanol–water partition coefficient (Wildman–Crippen LogP) is 7.88. The largest absolute Gasteiger partial charge is 0.392 e. The molecule has 0 unspecified atom stereocenters. The normalized spacial score (nSPS) is 27.7. The fourth-order valence-electron chi connectivity index (χ4n) is 6.68. The van der Waals surface area contributed by atoms with Crippen molar-refractivity contribution < 1.29 is 10.2 Å². The summed E-state index contributed by atoms with van der Waals surface area (Å²) >= 11 is 0. The lowest BCUT2D eigenvalue weighted by Crippen LogP contribution is -2.52. The third-order valence-corrected chi connectivity index (χ3v) is 9.11. The third kappa shape index (κ3) is 3.52. The topological polar surface area (TPSA) is 40.5 Å². The van der Waals surface area contributed by atoms with Gasteiger partial charge in [-0.2, -0.15) is 0 Å². The van der Waals surface area contributed by atoms with E-state index >= 15 is 0 Å². The quantitative estimate of drug-likeness (QED) is 0.377. The maximum absolute atomic E-state index is 12.3. The monoisotopic (exact) mass is 484 g/mol. The minimum Gasteiger partial charge on any atom is -0.392 e. The zero-order chi connectivity index (χ0) is 26.9. The molecule has 0 fully saturated rings. The Morgan fingerprint density at radius 2 is 1.17 bits per heavy atom. The average Bonchev–Trinajstić information content (AvgIpc) is 2.75. The van der Waals surface area contributed by atoms with Gasteiger partial charge >= 0.3 is 0 Å². The van der Waals surface area contributed by atoms with E-state index < -0.39 is 11.0 Å². The second-order valence-electron chi connectivity index (χ2n) is 13.3. The van der Waals surface area contributed by atoms with Gasteiger partial charge in [0, 0.05) is 10.8 Å². The van der Waals surface area contributed by atoms with Crippen LogP contribution in [0.1, 0.15) is 68.2 Å². The fraction of sp³-hybridized carbons (Fsp3) is 0.471. The SMILES string of the molecule is C=CCC(O)(CC=C)C1=C2C=C(C(C)(C)C)C=C3C=CC4=CC(C(C)(C)C)=CC(=C1CO)[C@]4(C)[C@]32C. The molecule has 0 aromatic rings. The predicted molar refractivity (Wildman–Crippen MR) is 152 cm³/mol. The molecule has 2 heteroatoms.